The molecule has 0 radical (unpaired) electrons. The van der Waals surface area contributed by atoms with Gasteiger partial charge < -0.3 is 19.0 Å². The van der Waals surface area contributed by atoms with E-state index in [9.17, 15) is 9.90 Å². The van der Waals surface area contributed by atoms with Crippen molar-refractivity contribution in [2.24, 2.45) is 0 Å². The smallest absolute Gasteiger partial charge is 0.204 e. The molecule has 0 saturated carbocycles. The number of fused-ring (bicyclic) bond motifs is 2. The normalized spacial score (nSPS) is 11.0. The van der Waals surface area contributed by atoms with Gasteiger partial charge in [0.15, 0.2) is 0 Å². The van der Waals surface area contributed by atoms with E-state index in [4.69, 9.17) is 13.9 Å². The van der Waals surface area contributed by atoms with E-state index in [2.05, 4.69) is 37.9 Å². The first-order valence-electron chi connectivity index (χ1n) is 11.2. The minimum atomic E-state index is -0.261. The number of allylic oxidation sites excluding steroid dienone is 4. The Kier molecular flexibility index (Phi) is 9.25. The molecule has 0 fully saturated rings. The van der Waals surface area contributed by atoms with Crippen LogP contribution >= 0.6 is 31.9 Å². The molecule has 2 aromatic carbocycles. The number of aromatic hydroxyl groups is 1. The summed E-state index contributed by atoms with van der Waals surface area (Å²) in [7, 11) is 0. The molecule has 0 aliphatic heterocycles. The number of phenols is 1. The first-order chi connectivity index (χ1) is 16.3. The van der Waals surface area contributed by atoms with Crippen LogP contribution in [0.2, 0.25) is 0 Å². The predicted molar refractivity (Wildman–Crippen MR) is 147 cm³/mol. The fraction of sp³-hybridized carbons (Fsp3) is 0.370. The lowest BCUT2D eigenvalue weighted by Gasteiger charge is -2.15. The van der Waals surface area contributed by atoms with Gasteiger partial charge in [-0.3, -0.25) is 4.79 Å². The van der Waals surface area contributed by atoms with Crippen molar-refractivity contribution in [3.63, 3.8) is 0 Å². The second kappa shape index (κ2) is 11.9. The molecule has 0 bridgehead atoms. The van der Waals surface area contributed by atoms with Crippen molar-refractivity contribution in [1.82, 2.24) is 0 Å². The zero-order chi connectivity index (χ0) is 24.8. The Balaban J connectivity index is 2.35. The molecule has 1 aromatic heterocycles. The summed E-state index contributed by atoms with van der Waals surface area (Å²) in [6, 6.07) is 5.31. The minimum absolute atomic E-state index is 0.0944. The van der Waals surface area contributed by atoms with Crippen LogP contribution in [0.1, 0.15) is 38.8 Å². The Bertz CT molecular complexity index is 1300. The van der Waals surface area contributed by atoms with Crippen LogP contribution in [-0.2, 0) is 12.8 Å². The second-order valence-corrected chi connectivity index (χ2v) is 10.1. The van der Waals surface area contributed by atoms with E-state index in [0.717, 1.165) is 16.7 Å². The maximum Gasteiger partial charge on any atom is 0.204 e. The Labute approximate surface area is 216 Å². The van der Waals surface area contributed by atoms with Crippen molar-refractivity contribution in [3.8, 4) is 17.2 Å². The second-order valence-electron chi connectivity index (χ2n) is 8.51. The number of halogens is 2. The molecule has 0 aliphatic carbocycles. The van der Waals surface area contributed by atoms with Crippen LogP contribution in [-0.4, -0.2) is 29.0 Å². The maximum absolute atomic E-state index is 13.8. The Morgan fingerprint density at radius 3 is 2.18 bits per heavy atom. The topological polar surface area (TPSA) is 68.9 Å². The fourth-order valence-electron chi connectivity index (χ4n) is 3.69. The lowest BCUT2D eigenvalue weighted by molar-refractivity contribution is 0.338. The number of phenolic OH excluding ortho intramolecular Hbond substituents is 1. The van der Waals surface area contributed by atoms with Crippen LogP contribution in [0.5, 0.6) is 17.2 Å². The van der Waals surface area contributed by atoms with Crippen molar-refractivity contribution in [2.45, 2.75) is 40.5 Å². The predicted octanol–water partition coefficient (Wildman–Crippen LogP) is 7.22. The third-order valence-electron chi connectivity index (χ3n) is 5.29. The van der Waals surface area contributed by atoms with Gasteiger partial charge >= 0.3 is 0 Å². The Morgan fingerprint density at radius 1 is 0.912 bits per heavy atom. The Morgan fingerprint density at radius 2 is 1.53 bits per heavy atom. The van der Waals surface area contributed by atoms with E-state index in [1.165, 1.54) is 0 Å². The quantitative estimate of drug-likeness (QED) is 0.153. The monoisotopic (exact) mass is 592 g/mol. The van der Waals surface area contributed by atoms with Crippen molar-refractivity contribution < 1.29 is 19.0 Å². The van der Waals surface area contributed by atoms with Gasteiger partial charge in [-0.2, -0.15) is 0 Å². The largest absolute Gasteiger partial charge is 0.507 e. The van der Waals surface area contributed by atoms with Gasteiger partial charge in [0.05, 0.1) is 18.6 Å². The number of rotatable bonds is 10. The van der Waals surface area contributed by atoms with E-state index >= 15 is 0 Å². The van der Waals surface area contributed by atoms with Crippen LogP contribution in [0.3, 0.4) is 0 Å². The summed E-state index contributed by atoms with van der Waals surface area (Å²) < 4.78 is 17.9. The van der Waals surface area contributed by atoms with Crippen LogP contribution in [0.25, 0.3) is 21.9 Å². The van der Waals surface area contributed by atoms with Gasteiger partial charge in [0.2, 0.25) is 5.43 Å². The maximum atomic E-state index is 13.8. The number of hydrogen-bond donors (Lipinski definition) is 1. The average molecular weight is 594 g/mol. The first-order valence-corrected chi connectivity index (χ1v) is 13.4. The van der Waals surface area contributed by atoms with Gasteiger partial charge in [-0.05, 0) is 52.2 Å². The van der Waals surface area contributed by atoms with Crippen LogP contribution < -0.4 is 14.9 Å². The van der Waals surface area contributed by atoms with Gasteiger partial charge in [-0.1, -0.05) is 55.2 Å². The van der Waals surface area contributed by atoms with Gasteiger partial charge in [-0.25, -0.2) is 0 Å². The molecule has 5 nitrogen and oxygen atoms in total. The van der Waals surface area contributed by atoms with E-state index in [1.54, 1.807) is 12.1 Å². The average Bonchev–Trinajstić information content (AvgIpc) is 2.78. The highest BCUT2D eigenvalue weighted by molar-refractivity contribution is 9.09. The zero-order valence-electron chi connectivity index (χ0n) is 20.0. The minimum Gasteiger partial charge on any atom is -0.507 e. The van der Waals surface area contributed by atoms with Crippen LogP contribution in [0, 0.1) is 0 Å². The van der Waals surface area contributed by atoms with E-state index in [0.29, 0.717) is 64.7 Å². The summed E-state index contributed by atoms with van der Waals surface area (Å²) in [5.41, 5.74) is 4.06. The fourth-order valence-corrected chi connectivity index (χ4v) is 4.01. The molecule has 7 heteroatoms. The van der Waals surface area contributed by atoms with E-state index < -0.39 is 0 Å². The van der Waals surface area contributed by atoms with E-state index in [-0.39, 0.29) is 22.1 Å². The molecule has 34 heavy (non-hydrogen) atoms. The lowest BCUT2D eigenvalue weighted by atomic mass is 9.99. The molecule has 0 saturated heterocycles. The molecule has 3 aromatic rings. The molecule has 182 valence electrons. The summed E-state index contributed by atoms with van der Waals surface area (Å²) in [5, 5.41) is 13.2. The highest BCUT2D eigenvalue weighted by Gasteiger charge is 2.21. The van der Waals surface area contributed by atoms with Gasteiger partial charge in [-0.15, -0.1) is 0 Å². The first kappa shape index (κ1) is 26.4. The molecule has 0 spiro atoms. The number of benzene rings is 2. The summed E-state index contributed by atoms with van der Waals surface area (Å²) in [6.45, 7) is 8.92. The third kappa shape index (κ3) is 6.05. The Hall–Kier alpha value is -2.25. The molecule has 0 amide bonds. The lowest BCUT2D eigenvalue weighted by Crippen LogP contribution is -2.09. The molecule has 0 aliphatic rings. The molecular weight excluding hydrogens is 564 g/mol. The number of alkyl halides is 2. The molecule has 3 rings (SSSR count). The zero-order valence-corrected chi connectivity index (χ0v) is 23.1. The van der Waals surface area contributed by atoms with Gasteiger partial charge in [0, 0.05) is 28.4 Å². The highest BCUT2D eigenvalue weighted by atomic mass is 79.9. The van der Waals surface area contributed by atoms with Crippen molar-refractivity contribution in [2.75, 3.05) is 23.9 Å². The summed E-state index contributed by atoms with van der Waals surface area (Å²) in [4.78, 5) is 13.8. The van der Waals surface area contributed by atoms with Crippen molar-refractivity contribution in [1.29, 1.82) is 0 Å². The number of hydrogen-bond acceptors (Lipinski definition) is 5. The van der Waals surface area contributed by atoms with Gasteiger partial charge in [0.1, 0.15) is 33.8 Å². The molecular formula is C27H30Br2O5. The molecule has 1 N–H and O–H groups in total. The molecule has 0 unspecified atom stereocenters. The summed E-state index contributed by atoms with van der Waals surface area (Å²) in [6.07, 6.45) is 5.06. The summed E-state index contributed by atoms with van der Waals surface area (Å²) in [5.74, 6) is 1.04. The molecule has 1 heterocycles. The van der Waals surface area contributed by atoms with Crippen LogP contribution in [0.4, 0.5) is 0 Å². The third-order valence-corrected chi connectivity index (χ3v) is 5.93. The van der Waals surface area contributed by atoms with E-state index in [1.807, 2.05) is 39.8 Å². The molecule has 0 atom stereocenters. The SMILES string of the molecule is CC(C)=CCc1c(OCCBr)cc2oc3cc(OCCBr)cc(CC=C(C)C)c3c(=O)c2c1O. The standard InChI is InChI=1S/C27H30Br2O5/c1-16(2)5-7-18-13-19(32-11-9-28)14-22-24(18)27(31)25-23(34-22)15-21(33-12-10-29)20(26(25)30)8-6-17(3)4/h5-6,13-15,30H,7-12H2,1-4H3. The summed E-state index contributed by atoms with van der Waals surface area (Å²) >= 11 is 6.75. The van der Waals surface area contributed by atoms with Crippen molar-refractivity contribution in [3.05, 3.63) is 62.8 Å². The van der Waals surface area contributed by atoms with Crippen LogP contribution in [0.15, 0.2) is 50.7 Å². The number of ether oxygens (including phenoxy) is 2. The van der Waals surface area contributed by atoms with Gasteiger partial charge in [0.25, 0.3) is 0 Å². The highest BCUT2D eigenvalue weighted by Crippen LogP contribution is 2.38. The van der Waals surface area contributed by atoms with Crippen molar-refractivity contribution >= 4 is 53.8 Å².